The zero-order valence-electron chi connectivity index (χ0n) is 14.4. The van der Waals surface area contributed by atoms with E-state index in [9.17, 15) is 14.4 Å². The van der Waals surface area contributed by atoms with Crippen molar-refractivity contribution >= 4 is 17.8 Å². The molecule has 0 aromatic heterocycles. The van der Waals surface area contributed by atoms with Crippen molar-refractivity contribution < 1.29 is 23.9 Å². The Morgan fingerprint density at radius 1 is 1.13 bits per heavy atom. The lowest BCUT2D eigenvalue weighted by Crippen LogP contribution is -2.48. The molecule has 7 nitrogen and oxygen atoms in total. The third-order valence-corrected chi connectivity index (χ3v) is 3.50. The first kappa shape index (κ1) is 19.4. The average molecular weight is 328 g/mol. The van der Waals surface area contributed by atoms with Crippen LogP contribution in [0.4, 0.5) is 0 Å². The Balaban J connectivity index is 2.44. The second-order valence-electron chi connectivity index (χ2n) is 6.05. The largest absolute Gasteiger partial charge is 0.464 e. The van der Waals surface area contributed by atoms with E-state index in [-0.39, 0.29) is 12.5 Å². The smallest absolute Gasteiger partial charge is 0.338 e. The fourth-order valence-electron chi connectivity index (χ4n) is 2.13. The average Bonchev–Trinajstić information content (AvgIpc) is 3.27. The quantitative estimate of drug-likeness (QED) is 0.456. The first-order valence-corrected chi connectivity index (χ1v) is 8.30. The Kier molecular flexibility index (Phi) is 8.02. The van der Waals surface area contributed by atoms with Crippen LogP contribution in [0.2, 0.25) is 0 Å². The van der Waals surface area contributed by atoms with Crippen molar-refractivity contribution in [3.8, 4) is 0 Å². The van der Waals surface area contributed by atoms with E-state index in [4.69, 9.17) is 9.47 Å². The summed E-state index contributed by atoms with van der Waals surface area (Å²) >= 11 is 0. The molecule has 0 aromatic rings. The minimum Gasteiger partial charge on any atom is -0.464 e. The van der Waals surface area contributed by atoms with Gasteiger partial charge in [0.05, 0.1) is 6.61 Å². The van der Waals surface area contributed by atoms with Gasteiger partial charge >= 0.3 is 5.97 Å². The number of carbonyl (C=O) groups excluding carboxylic acids is 3. The number of rotatable bonds is 10. The second kappa shape index (κ2) is 9.50. The van der Waals surface area contributed by atoms with Crippen molar-refractivity contribution in [2.24, 2.45) is 5.92 Å². The molecule has 0 unspecified atom stereocenters. The van der Waals surface area contributed by atoms with Crippen molar-refractivity contribution in [2.45, 2.75) is 65.2 Å². The van der Waals surface area contributed by atoms with Gasteiger partial charge in [-0.3, -0.25) is 9.59 Å². The number of hydrogen-bond donors (Lipinski definition) is 2. The minimum absolute atomic E-state index is 0.200. The highest BCUT2D eigenvalue weighted by molar-refractivity contribution is 5.95. The predicted octanol–water partition coefficient (Wildman–Crippen LogP) is 0.764. The van der Waals surface area contributed by atoms with Gasteiger partial charge in [0.15, 0.2) is 12.2 Å². The highest BCUT2D eigenvalue weighted by Crippen LogP contribution is 2.23. The molecule has 2 N–H and O–H groups in total. The third kappa shape index (κ3) is 6.56. The van der Waals surface area contributed by atoms with Crippen molar-refractivity contribution in [1.29, 1.82) is 0 Å². The molecule has 1 aliphatic heterocycles. The summed E-state index contributed by atoms with van der Waals surface area (Å²) in [7, 11) is 0. The molecule has 3 atom stereocenters. The maximum absolute atomic E-state index is 12.2. The monoisotopic (exact) mass is 328 g/mol. The summed E-state index contributed by atoms with van der Waals surface area (Å²) in [4.78, 5) is 35.7. The summed E-state index contributed by atoms with van der Waals surface area (Å²) < 4.78 is 9.84. The Labute approximate surface area is 137 Å². The molecule has 0 spiro atoms. The number of amides is 2. The normalized spacial score (nSPS) is 20.7. The van der Waals surface area contributed by atoms with Gasteiger partial charge in [0.2, 0.25) is 5.91 Å². The maximum Gasteiger partial charge on any atom is 0.338 e. The molecule has 1 rings (SSSR count). The predicted molar refractivity (Wildman–Crippen MR) is 84.6 cm³/mol. The van der Waals surface area contributed by atoms with Crippen LogP contribution in [0, 0.1) is 5.92 Å². The van der Waals surface area contributed by atoms with E-state index in [1.807, 2.05) is 6.92 Å². The van der Waals surface area contributed by atoms with Crippen LogP contribution in [0.25, 0.3) is 0 Å². The van der Waals surface area contributed by atoms with E-state index in [0.717, 1.165) is 12.8 Å². The minimum atomic E-state index is -0.850. The van der Waals surface area contributed by atoms with E-state index in [1.54, 1.807) is 6.92 Å². The zero-order chi connectivity index (χ0) is 17.4. The lowest BCUT2D eigenvalue weighted by Gasteiger charge is -2.17. The number of hydrogen-bond acceptors (Lipinski definition) is 5. The summed E-state index contributed by atoms with van der Waals surface area (Å²) in [5, 5.41) is 5.49. The van der Waals surface area contributed by atoms with Gasteiger partial charge in [0.1, 0.15) is 6.04 Å². The lowest BCUT2D eigenvalue weighted by molar-refractivity contribution is -0.144. The van der Waals surface area contributed by atoms with Gasteiger partial charge in [0.25, 0.3) is 5.91 Å². The van der Waals surface area contributed by atoms with Crippen LogP contribution >= 0.6 is 0 Å². The molecule has 1 saturated heterocycles. The number of carbonyl (C=O) groups is 3. The van der Waals surface area contributed by atoms with Crippen LogP contribution in [-0.4, -0.2) is 49.2 Å². The van der Waals surface area contributed by atoms with Crippen LogP contribution in [0.5, 0.6) is 0 Å². The molecule has 23 heavy (non-hydrogen) atoms. The van der Waals surface area contributed by atoms with Crippen LogP contribution in [0.3, 0.4) is 0 Å². The molecule has 2 amide bonds. The molecule has 132 valence electrons. The second-order valence-corrected chi connectivity index (χ2v) is 6.05. The van der Waals surface area contributed by atoms with Gasteiger partial charge in [-0.1, -0.05) is 27.2 Å². The zero-order valence-corrected chi connectivity index (χ0v) is 14.4. The number of nitrogens with one attached hydrogen (secondary N) is 2. The van der Waals surface area contributed by atoms with Crippen molar-refractivity contribution in [1.82, 2.24) is 10.6 Å². The summed E-state index contributed by atoms with van der Waals surface area (Å²) in [5.74, 6) is -0.685. The van der Waals surface area contributed by atoms with Gasteiger partial charge < -0.3 is 20.1 Å². The van der Waals surface area contributed by atoms with E-state index in [2.05, 4.69) is 24.5 Å². The van der Waals surface area contributed by atoms with Crippen molar-refractivity contribution in [3.63, 3.8) is 0 Å². The standard InChI is InChI=1S/C16H28N2O5/c1-5-7-11(14(19)17-9-8-10(3)4)18-15(20)12-13(23-12)16(21)22-6-2/h10-13H,5-9H2,1-4H3,(H,17,19)(H,18,20)/t11-,12-,13-/m0/s1. The fraction of sp³-hybridized carbons (Fsp3) is 0.812. The molecule has 0 aromatic carbocycles. The molecule has 0 saturated carbocycles. The maximum atomic E-state index is 12.2. The van der Waals surface area contributed by atoms with Crippen LogP contribution < -0.4 is 10.6 Å². The lowest BCUT2D eigenvalue weighted by atomic mass is 10.1. The molecule has 7 heteroatoms. The summed E-state index contributed by atoms with van der Waals surface area (Å²) in [5.41, 5.74) is 0. The molecule has 0 aliphatic carbocycles. The summed E-state index contributed by atoms with van der Waals surface area (Å²) in [6.45, 7) is 8.61. The molecule has 1 fully saturated rings. The first-order valence-electron chi connectivity index (χ1n) is 8.30. The van der Waals surface area contributed by atoms with Crippen LogP contribution in [-0.2, 0) is 23.9 Å². The van der Waals surface area contributed by atoms with E-state index < -0.39 is 30.1 Å². The topological polar surface area (TPSA) is 97.0 Å². The van der Waals surface area contributed by atoms with Gasteiger partial charge in [-0.15, -0.1) is 0 Å². The molecule has 1 aliphatic rings. The number of esters is 1. The fourth-order valence-corrected chi connectivity index (χ4v) is 2.13. The molecule has 1 heterocycles. The Hall–Kier alpha value is -1.63. The summed E-state index contributed by atoms with van der Waals surface area (Å²) in [6, 6.07) is -0.605. The summed E-state index contributed by atoms with van der Waals surface area (Å²) in [6.07, 6.45) is 0.485. The highest BCUT2D eigenvalue weighted by atomic mass is 16.6. The molecule has 0 bridgehead atoms. The highest BCUT2D eigenvalue weighted by Gasteiger charge is 2.52. The van der Waals surface area contributed by atoms with Crippen molar-refractivity contribution in [2.75, 3.05) is 13.2 Å². The van der Waals surface area contributed by atoms with Crippen LogP contribution in [0.1, 0.15) is 47.0 Å². The Bertz CT molecular complexity index is 425. The van der Waals surface area contributed by atoms with Crippen LogP contribution in [0.15, 0.2) is 0 Å². The van der Waals surface area contributed by atoms with E-state index >= 15 is 0 Å². The molecular formula is C16H28N2O5. The number of epoxide rings is 1. The van der Waals surface area contributed by atoms with Gasteiger partial charge in [-0.2, -0.15) is 0 Å². The molecular weight excluding hydrogens is 300 g/mol. The first-order chi connectivity index (χ1) is 10.9. The Morgan fingerprint density at radius 3 is 2.39 bits per heavy atom. The van der Waals surface area contributed by atoms with Gasteiger partial charge in [0, 0.05) is 6.54 Å². The van der Waals surface area contributed by atoms with Crippen molar-refractivity contribution in [3.05, 3.63) is 0 Å². The van der Waals surface area contributed by atoms with E-state index in [1.165, 1.54) is 0 Å². The Morgan fingerprint density at radius 2 is 1.83 bits per heavy atom. The van der Waals surface area contributed by atoms with E-state index in [0.29, 0.717) is 18.9 Å². The van der Waals surface area contributed by atoms with Gasteiger partial charge in [-0.05, 0) is 25.7 Å². The third-order valence-electron chi connectivity index (χ3n) is 3.50. The number of ether oxygens (including phenoxy) is 2. The molecule has 0 radical (unpaired) electrons. The van der Waals surface area contributed by atoms with Gasteiger partial charge in [-0.25, -0.2) is 4.79 Å². The SMILES string of the molecule is CCC[C@H](NC(=O)[C@H]1O[C@@H]1C(=O)OCC)C(=O)NCCC(C)C.